The maximum atomic E-state index is 12.8. The van der Waals surface area contributed by atoms with Gasteiger partial charge < -0.3 is 0 Å². The van der Waals surface area contributed by atoms with Gasteiger partial charge in [0.15, 0.2) is 10.8 Å². The second kappa shape index (κ2) is 6.43. The van der Waals surface area contributed by atoms with Crippen molar-refractivity contribution in [2.45, 2.75) is 25.9 Å². The van der Waals surface area contributed by atoms with Gasteiger partial charge in [-0.1, -0.05) is 11.3 Å². The summed E-state index contributed by atoms with van der Waals surface area (Å²) in [5, 5.41) is 6.39. The Morgan fingerprint density at radius 2 is 2.16 bits per heavy atom. The van der Waals surface area contributed by atoms with Crippen LogP contribution in [0, 0.1) is 0 Å². The van der Waals surface area contributed by atoms with Crippen LogP contribution in [0.5, 0.6) is 0 Å². The van der Waals surface area contributed by atoms with Crippen LogP contribution in [0.1, 0.15) is 25.5 Å². The summed E-state index contributed by atoms with van der Waals surface area (Å²) in [6.45, 7) is 1.84. The Kier molecular flexibility index (Phi) is 4.46. The molecular weight excluding hydrogens is 355 g/mol. The van der Waals surface area contributed by atoms with Crippen LogP contribution in [0.15, 0.2) is 28.5 Å². The third-order valence-corrected chi connectivity index (χ3v) is 4.57. The molecule has 1 aliphatic rings. The van der Waals surface area contributed by atoms with Gasteiger partial charge in [-0.25, -0.2) is 4.98 Å². The van der Waals surface area contributed by atoms with Gasteiger partial charge in [-0.05, 0) is 31.4 Å². The molecule has 132 valence electrons. The standard InChI is InChI=1S/C15H14F3N5OS/c1-8-4-3-5-19-12(8)13(24)21-14-20-7-10(25-14)9-6-11(15(16,17)18)22-23(9)2/h5-7H,3-4H2,1-2H3,(H,20,21,24). The number of allylic oxidation sites excluding steroid dienone is 1. The lowest BCUT2D eigenvalue weighted by atomic mass is 10.1. The van der Waals surface area contributed by atoms with E-state index in [1.807, 2.05) is 6.92 Å². The highest BCUT2D eigenvalue weighted by atomic mass is 32.1. The zero-order valence-electron chi connectivity index (χ0n) is 13.4. The fourth-order valence-electron chi connectivity index (χ4n) is 2.36. The molecule has 0 fully saturated rings. The number of anilines is 1. The Morgan fingerprint density at radius 3 is 2.80 bits per heavy atom. The van der Waals surface area contributed by atoms with Gasteiger partial charge in [0.2, 0.25) is 0 Å². The van der Waals surface area contributed by atoms with Crippen molar-refractivity contribution in [2.24, 2.45) is 12.0 Å². The van der Waals surface area contributed by atoms with Crippen molar-refractivity contribution in [3.8, 4) is 10.6 Å². The van der Waals surface area contributed by atoms with Gasteiger partial charge in [0, 0.05) is 19.5 Å². The van der Waals surface area contributed by atoms with Crippen molar-refractivity contribution in [2.75, 3.05) is 5.32 Å². The minimum absolute atomic E-state index is 0.274. The van der Waals surface area contributed by atoms with Crippen molar-refractivity contribution in [3.63, 3.8) is 0 Å². The van der Waals surface area contributed by atoms with E-state index in [-0.39, 0.29) is 16.7 Å². The van der Waals surface area contributed by atoms with Crippen molar-refractivity contribution in [1.82, 2.24) is 14.8 Å². The second-order valence-electron chi connectivity index (χ2n) is 5.50. The topological polar surface area (TPSA) is 72.2 Å². The minimum Gasteiger partial charge on any atom is -0.296 e. The molecule has 0 spiro atoms. The number of carbonyl (C=O) groups excluding carboxylic acids is 1. The predicted molar refractivity (Wildman–Crippen MR) is 88.4 cm³/mol. The molecule has 2 aromatic heterocycles. The van der Waals surface area contributed by atoms with Crippen LogP contribution < -0.4 is 5.32 Å². The molecule has 0 unspecified atom stereocenters. The molecule has 3 heterocycles. The Balaban J connectivity index is 1.81. The average molecular weight is 369 g/mol. The number of hydrogen-bond acceptors (Lipinski definition) is 5. The predicted octanol–water partition coefficient (Wildman–Crippen LogP) is 3.64. The van der Waals surface area contributed by atoms with Crippen LogP contribution >= 0.6 is 11.3 Å². The van der Waals surface area contributed by atoms with E-state index in [1.165, 1.54) is 13.2 Å². The number of nitrogens with zero attached hydrogens (tertiary/aromatic N) is 4. The fourth-order valence-corrected chi connectivity index (χ4v) is 3.22. The van der Waals surface area contributed by atoms with E-state index in [0.29, 0.717) is 10.6 Å². The van der Waals surface area contributed by atoms with Crippen molar-refractivity contribution in [1.29, 1.82) is 0 Å². The van der Waals surface area contributed by atoms with E-state index in [4.69, 9.17) is 0 Å². The number of carbonyl (C=O) groups is 1. The maximum Gasteiger partial charge on any atom is 0.435 e. The number of hydrogen-bond donors (Lipinski definition) is 1. The largest absolute Gasteiger partial charge is 0.435 e. The van der Waals surface area contributed by atoms with Crippen molar-refractivity contribution < 1.29 is 18.0 Å². The summed E-state index contributed by atoms with van der Waals surface area (Å²) in [5.74, 6) is -0.379. The van der Waals surface area contributed by atoms with Crippen LogP contribution in [0.3, 0.4) is 0 Å². The van der Waals surface area contributed by atoms with Gasteiger partial charge in [-0.15, -0.1) is 0 Å². The van der Waals surface area contributed by atoms with Crippen LogP contribution in [0.2, 0.25) is 0 Å². The van der Waals surface area contributed by atoms with Gasteiger partial charge in [0.1, 0.15) is 5.70 Å². The summed E-state index contributed by atoms with van der Waals surface area (Å²) in [7, 11) is 1.42. The highest BCUT2D eigenvalue weighted by molar-refractivity contribution is 7.19. The molecule has 0 atom stereocenters. The Morgan fingerprint density at radius 1 is 1.40 bits per heavy atom. The van der Waals surface area contributed by atoms with Crippen LogP contribution in [0.4, 0.5) is 18.3 Å². The molecule has 1 aliphatic heterocycles. The van der Waals surface area contributed by atoms with Gasteiger partial charge in [0.05, 0.1) is 10.6 Å². The number of alkyl halides is 3. The summed E-state index contributed by atoms with van der Waals surface area (Å²) in [5.41, 5.74) is 0.541. The molecule has 0 saturated carbocycles. The highest BCUT2D eigenvalue weighted by Crippen LogP contribution is 2.34. The molecule has 6 nitrogen and oxygen atoms in total. The molecule has 25 heavy (non-hydrogen) atoms. The number of aromatic nitrogens is 3. The van der Waals surface area contributed by atoms with Gasteiger partial charge in [0.25, 0.3) is 5.91 Å². The molecule has 0 saturated heterocycles. The molecule has 3 rings (SSSR count). The summed E-state index contributed by atoms with van der Waals surface area (Å²) in [6, 6.07) is 0.956. The third kappa shape index (κ3) is 3.63. The molecule has 10 heteroatoms. The van der Waals surface area contributed by atoms with Gasteiger partial charge in [-0.3, -0.25) is 19.8 Å². The molecule has 1 N–H and O–H groups in total. The lowest BCUT2D eigenvalue weighted by molar-refractivity contribution is -0.141. The van der Waals surface area contributed by atoms with E-state index in [1.54, 1.807) is 6.21 Å². The first-order valence-corrected chi connectivity index (χ1v) is 8.18. The lowest BCUT2D eigenvalue weighted by Gasteiger charge is -2.10. The van der Waals surface area contributed by atoms with Crippen LogP contribution in [-0.4, -0.2) is 26.9 Å². The zero-order valence-corrected chi connectivity index (χ0v) is 14.2. The first kappa shape index (κ1) is 17.3. The molecule has 0 radical (unpaired) electrons. The first-order valence-electron chi connectivity index (χ1n) is 7.37. The number of aryl methyl sites for hydroxylation is 1. The van der Waals surface area contributed by atoms with E-state index in [0.717, 1.165) is 40.5 Å². The molecule has 0 aliphatic carbocycles. The quantitative estimate of drug-likeness (QED) is 0.898. The molecule has 2 aromatic rings. The Labute approximate surface area is 145 Å². The summed E-state index contributed by atoms with van der Waals surface area (Å²) in [6.07, 6.45) is 0.143. The smallest absolute Gasteiger partial charge is 0.296 e. The van der Waals surface area contributed by atoms with Crippen LogP contribution in [0.25, 0.3) is 10.6 Å². The van der Waals surface area contributed by atoms with Crippen LogP contribution in [-0.2, 0) is 18.0 Å². The van der Waals surface area contributed by atoms with E-state index < -0.39 is 11.9 Å². The highest BCUT2D eigenvalue weighted by Gasteiger charge is 2.35. The second-order valence-corrected chi connectivity index (χ2v) is 6.53. The molecular formula is C15H14F3N5OS. The normalized spacial score (nSPS) is 14.9. The maximum absolute atomic E-state index is 12.8. The van der Waals surface area contributed by atoms with E-state index >= 15 is 0 Å². The lowest BCUT2D eigenvalue weighted by Crippen LogP contribution is -2.16. The van der Waals surface area contributed by atoms with Crippen molar-refractivity contribution in [3.05, 3.63) is 29.2 Å². The van der Waals surface area contributed by atoms with E-state index in [2.05, 4.69) is 20.4 Å². The zero-order chi connectivity index (χ0) is 18.2. The van der Waals surface area contributed by atoms with Gasteiger partial charge in [-0.2, -0.15) is 18.3 Å². The number of nitrogens with one attached hydrogen (secondary N) is 1. The number of aliphatic imine (C=N–C) groups is 1. The number of amides is 1. The Bertz CT molecular complexity index is 878. The number of halogens is 3. The molecule has 0 bridgehead atoms. The Hall–Kier alpha value is -2.49. The first-order chi connectivity index (χ1) is 11.8. The number of thiazole rings is 1. The minimum atomic E-state index is -4.51. The monoisotopic (exact) mass is 369 g/mol. The summed E-state index contributed by atoms with van der Waals surface area (Å²) in [4.78, 5) is 20.9. The average Bonchev–Trinajstić information content (AvgIpc) is 3.13. The molecule has 1 amide bonds. The molecule has 0 aromatic carbocycles. The van der Waals surface area contributed by atoms with Gasteiger partial charge >= 0.3 is 6.18 Å². The summed E-state index contributed by atoms with van der Waals surface area (Å²) < 4.78 is 39.4. The SMILES string of the molecule is CC1=C(C(=O)Nc2ncc(-c3cc(C(F)(F)F)nn3C)s2)N=CCC1. The summed E-state index contributed by atoms with van der Waals surface area (Å²) >= 11 is 1.07. The number of rotatable bonds is 3. The van der Waals surface area contributed by atoms with E-state index in [9.17, 15) is 18.0 Å². The van der Waals surface area contributed by atoms with Crippen molar-refractivity contribution >= 4 is 28.6 Å². The third-order valence-electron chi connectivity index (χ3n) is 3.64. The fraction of sp³-hybridized carbons (Fsp3) is 0.333.